The fourth-order valence-electron chi connectivity index (χ4n) is 4.24. The van der Waals surface area contributed by atoms with Crippen molar-refractivity contribution in [2.45, 2.75) is 71.1 Å². The molecule has 0 heterocycles. The molecule has 0 aromatic carbocycles. The van der Waals surface area contributed by atoms with E-state index in [9.17, 15) is 0 Å². The second-order valence-electron chi connectivity index (χ2n) is 6.59. The first-order chi connectivity index (χ1) is 9.33. The Morgan fingerprint density at radius 3 is 2.05 bits per heavy atom. The van der Waals surface area contributed by atoms with Gasteiger partial charge < -0.3 is 0 Å². The maximum atomic E-state index is 5.20. The highest BCUT2D eigenvalue weighted by Gasteiger charge is 2.30. The van der Waals surface area contributed by atoms with Crippen molar-refractivity contribution < 1.29 is 7.13 Å². The summed E-state index contributed by atoms with van der Waals surface area (Å²) < 4.78 is 0. The Morgan fingerprint density at radius 1 is 0.947 bits per heavy atom. The van der Waals surface area contributed by atoms with Gasteiger partial charge >= 0.3 is 0 Å². The van der Waals surface area contributed by atoms with Crippen molar-refractivity contribution >= 4 is 0 Å². The Morgan fingerprint density at radius 2 is 1.53 bits per heavy atom. The molecule has 0 aliphatic heterocycles. The summed E-state index contributed by atoms with van der Waals surface area (Å²) in [7, 11) is 0. The molecule has 2 rings (SSSR count). The summed E-state index contributed by atoms with van der Waals surface area (Å²) in [4.78, 5) is 0. The average molecular weight is 267 g/mol. The van der Waals surface area contributed by atoms with Crippen LogP contribution in [0.15, 0.2) is 0 Å². The third-order valence-electron chi connectivity index (χ3n) is 5.38. The molecule has 0 spiro atoms. The molecule has 0 nitrogen and oxygen atoms in total. The molecule has 0 saturated heterocycles. The van der Waals surface area contributed by atoms with Crippen LogP contribution in [0.25, 0.3) is 0 Å². The van der Waals surface area contributed by atoms with Gasteiger partial charge in [-0.2, -0.15) is 0 Å². The lowest BCUT2D eigenvalue weighted by atomic mass is 9.69. The number of rotatable bonds is 3. The average Bonchev–Trinajstić information content (AvgIpc) is 2.47. The van der Waals surface area contributed by atoms with E-state index >= 15 is 0 Å². The van der Waals surface area contributed by atoms with Crippen LogP contribution in [0.2, 0.25) is 0 Å². The quantitative estimate of drug-likeness (QED) is 0.528. The van der Waals surface area contributed by atoms with E-state index in [4.69, 9.17) is 6.42 Å². The van der Waals surface area contributed by atoms with Crippen LogP contribution in [0, 0.1) is 47.9 Å². The molecule has 2 aliphatic rings. The first-order valence-corrected chi connectivity index (χ1v) is 8.29. The molecule has 19 heavy (non-hydrogen) atoms. The molecule has 114 valence electrons. The molecule has 0 unspecified atom stereocenters. The van der Waals surface area contributed by atoms with Gasteiger partial charge in [0.1, 0.15) is 0 Å². The van der Waals surface area contributed by atoms with Crippen LogP contribution in [-0.2, 0) is 0 Å². The van der Waals surface area contributed by atoms with Crippen LogP contribution in [-0.4, -0.2) is 0 Å². The Labute approximate surface area is 127 Å². The number of hydrogen-bond acceptors (Lipinski definition) is 0. The van der Waals surface area contributed by atoms with E-state index in [2.05, 4.69) is 24.7 Å². The lowest BCUT2D eigenvalue weighted by Crippen LogP contribution is -2.25. The minimum absolute atomic E-state index is 0. The van der Waals surface area contributed by atoms with Gasteiger partial charge in [-0.05, 0) is 68.1 Å². The zero-order chi connectivity index (χ0) is 13.5. The molecule has 0 heteroatoms. The van der Waals surface area contributed by atoms with Crippen molar-refractivity contribution in [2.24, 2.45) is 23.7 Å². The second kappa shape index (κ2) is 7.65. The van der Waals surface area contributed by atoms with Crippen LogP contribution in [0.1, 0.15) is 78.3 Å². The molecule has 2 saturated carbocycles. The van der Waals surface area contributed by atoms with Crippen LogP contribution in [0.4, 0.5) is 0 Å². The van der Waals surface area contributed by atoms with Gasteiger partial charge in [0.05, 0.1) is 0 Å². The summed E-state index contributed by atoms with van der Waals surface area (Å²) in [6.45, 7) is 2.32. The summed E-state index contributed by atoms with van der Waals surface area (Å²) >= 11 is 0. The maximum absolute atomic E-state index is 5.20. The molecule has 2 aliphatic carbocycles. The van der Waals surface area contributed by atoms with Crippen LogP contribution >= 0.6 is 0 Å². The van der Waals surface area contributed by atoms with Crippen molar-refractivity contribution in [1.82, 2.24) is 0 Å². The van der Waals surface area contributed by atoms with Gasteiger partial charge in [0.2, 0.25) is 0 Å². The van der Waals surface area contributed by atoms with Gasteiger partial charge in [-0.25, -0.2) is 0 Å². The van der Waals surface area contributed by atoms with Gasteiger partial charge in [0.15, 0.2) is 0 Å². The van der Waals surface area contributed by atoms with Gasteiger partial charge in [-0.1, -0.05) is 38.5 Å². The number of hydrogen-bond donors (Lipinski definition) is 0. The molecule has 0 N–H and O–H groups in total. The van der Waals surface area contributed by atoms with E-state index in [0.717, 1.165) is 17.8 Å². The minimum Gasteiger partial charge on any atom is -0.106 e. The number of terminal acetylenes is 1. The van der Waals surface area contributed by atoms with E-state index < -0.39 is 0 Å². The van der Waals surface area contributed by atoms with Crippen LogP contribution < -0.4 is 0 Å². The summed E-state index contributed by atoms with van der Waals surface area (Å²) in [5.41, 5.74) is 0. The molecule has 0 bridgehead atoms. The van der Waals surface area contributed by atoms with Gasteiger partial charge in [-0.15, -0.1) is 6.42 Å². The van der Waals surface area contributed by atoms with Crippen molar-refractivity contribution in [1.29, 1.82) is 0 Å². The predicted molar refractivity (Wildman–Crippen MR) is 93.0 cm³/mol. The standard InChI is InChI=1S/C19H28.5H2/c1-3-5-7-17-10-14-19(15-11-17)18-12-8-16(6-4-2)9-13-18;;;;;/h1,16-19H,4,6,8-15H2,2H3;5*1H. The summed E-state index contributed by atoms with van der Waals surface area (Å²) in [5.74, 6) is 12.1. The van der Waals surface area contributed by atoms with E-state index in [-0.39, 0.29) is 7.13 Å². The smallest absolute Gasteiger partial charge is 0.0213 e. The van der Waals surface area contributed by atoms with Crippen molar-refractivity contribution in [2.75, 3.05) is 0 Å². The van der Waals surface area contributed by atoms with E-state index in [1.165, 1.54) is 64.2 Å². The third kappa shape index (κ3) is 4.31. The SMILES string of the molecule is C#CC#CC1CCC(C2CCC(CCC)CC2)CC1.[HH].[HH].[HH].[HH].[HH]. The van der Waals surface area contributed by atoms with E-state index in [1.807, 2.05) is 0 Å². The Bertz CT molecular complexity index is 363. The van der Waals surface area contributed by atoms with Crippen molar-refractivity contribution in [3.63, 3.8) is 0 Å². The van der Waals surface area contributed by atoms with Crippen LogP contribution in [0.5, 0.6) is 0 Å². The van der Waals surface area contributed by atoms with Crippen molar-refractivity contribution in [3.05, 3.63) is 0 Å². The minimum atomic E-state index is 0. The summed E-state index contributed by atoms with van der Waals surface area (Å²) in [5, 5.41) is 0. The van der Waals surface area contributed by atoms with E-state index in [0.29, 0.717) is 5.92 Å². The fraction of sp³-hybridized carbons (Fsp3) is 0.789. The Balaban J connectivity index is -0.000000400. The zero-order valence-electron chi connectivity index (χ0n) is 12.5. The molecular formula is C19H38. The monoisotopic (exact) mass is 266 g/mol. The maximum Gasteiger partial charge on any atom is 0.0213 e. The van der Waals surface area contributed by atoms with Crippen molar-refractivity contribution in [3.8, 4) is 24.2 Å². The highest BCUT2D eigenvalue weighted by Crippen LogP contribution is 2.41. The zero-order valence-corrected chi connectivity index (χ0v) is 12.5. The summed E-state index contributed by atoms with van der Waals surface area (Å²) in [6, 6.07) is 0. The Hall–Kier alpha value is -0.880. The lowest BCUT2D eigenvalue weighted by molar-refractivity contribution is 0.154. The topological polar surface area (TPSA) is 0 Å². The molecule has 2 fully saturated rings. The fourth-order valence-corrected chi connectivity index (χ4v) is 4.24. The summed E-state index contributed by atoms with van der Waals surface area (Å²) in [6.07, 6.45) is 19.4. The molecule has 0 radical (unpaired) electrons. The molecule has 0 aromatic heterocycles. The molecule has 0 amide bonds. The first-order valence-electron chi connectivity index (χ1n) is 8.29. The van der Waals surface area contributed by atoms with Gasteiger partial charge in [0.25, 0.3) is 0 Å². The Kier molecular flexibility index (Phi) is 5.85. The third-order valence-corrected chi connectivity index (χ3v) is 5.38. The van der Waals surface area contributed by atoms with Crippen LogP contribution in [0.3, 0.4) is 0 Å². The highest BCUT2D eigenvalue weighted by atomic mass is 14.3. The van der Waals surface area contributed by atoms with Gasteiger partial charge in [-0.3, -0.25) is 0 Å². The highest BCUT2D eigenvalue weighted by molar-refractivity contribution is 5.23. The largest absolute Gasteiger partial charge is 0.106 e. The first kappa shape index (κ1) is 14.5. The van der Waals surface area contributed by atoms with E-state index in [1.54, 1.807) is 0 Å². The molecule has 0 aromatic rings. The normalized spacial score (nSPS) is 34.9. The molecular weight excluding hydrogens is 228 g/mol. The lowest BCUT2D eigenvalue weighted by Gasteiger charge is -2.37. The second-order valence-corrected chi connectivity index (χ2v) is 6.59. The van der Waals surface area contributed by atoms with Gasteiger partial charge in [0, 0.05) is 13.1 Å². The molecule has 0 atom stereocenters. The predicted octanol–water partition coefficient (Wildman–Crippen LogP) is 6.27.